The van der Waals surface area contributed by atoms with Gasteiger partial charge >= 0.3 is 10.2 Å². The molecular formula is C23H33F5S. The van der Waals surface area contributed by atoms with Crippen molar-refractivity contribution >= 4 is 15.8 Å². The van der Waals surface area contributed by atoms with Crippen LogP contribution in [0.15, 0.2) is 35.2 Å². The summed E-state index contributed by atoms with van der Waals surface area (Å²) in [6.07, 6.45) is 15.5. The predicted octanol–water partition coefficient (Wildman–Crippen LogP) is 9.91. The minimum absolute atomic E-state index is 0.531. The Morgan fingerprint density at radius 1 is 0.828 bits per heavy atom. The lowest BCUT2D eigenvalue weighted by Gasteiger charge is -2.40. The molecule has 29 heavy (non-hydrogen) atoms. The van der Waals surface area contributed by atoms with Crippen molar-refractivity contribution < 1.29 is 19.4 Å². The molecule has 0 amide bonds. The molecule has 0 saturated heterocycles. The van der Waals surface area contributed by atoms with Crippen molar-refractivity contribution in [3.05, 3.63) is 35.9 Å². The minimum atomic E-state index is -9.58. The van der Waals surface area contributed by atoms with Gasteiger partial charge in [0.25, 0.3) is 0 Å². The molecule has 0 aliphatic heterocycles. The van der Waals surface area contributed by atoms with Crippen LogP contribution in [0.1, 0.15) is 83.1 Å². The fourth-order valence-electron chi connectivity index (χ4n) is 5.10. The Morgan fingerprint density at radius 3 is 2.00 bits per heavy atom. The fourth-order valence-corrected chi connectivity index (χ4v) is 5.75. The summed E-state index contributed by atoms with van der Waals surface area (Å²) in [5.41, 5.74) is 1.62. The summed E-state index contributed by atoms with van der Waals surface area (Å²) in [6.45, 7) is 2.24. The highest BCUT2D eigenvalue weighted by molar-refractivity contribution is 8.45. The van der Waals surface area contributed by atoms with Crippen LogP contribution in [0.25, 0.3) is 5.57 Å². The first-order valence-corrected chi connectivity index (χ1v) is 12.9. The molecule has 0 nitrogen and oxygen atoms in total. The van der Waals surface area contributed by atoms with Crippen LogP contribution in [0, 0.1) is 17.8 Å². The molecule has 1 aromatic rings. The Morgan fingerprint density at radius 2 is 1.48 bits per heavy atom. The average Bonchev–Trinajstić information content (AvgIpc) is 2.67. The van der Waals surface area contributed by atoms with Crippen LogP contribution in [0.2, 0.25) is 0 Å². The quantitative estimate of drug-likeness (QED) is 0.295. The summed E-state index contributed by atoms with van der Waals surface area (Å²) < 4.78 is 64.4. The van der Waals surface area contributed by atoms with E-state index in [1.165, 1.54) is 63.5 Å². The number of benzene rings is 1. The molecule has 0 spiro atoms. The van der Waals surface area contributed by atoms with Gasteiger partial charge in [-0.1, -0.05) is 83.1 Å². The standard InChI is InChI=1S/C23H33F5S/c1-2-3-4-5-18-6-8-19(9-7-18)20-10-12-21(13-11-20)22-14-16-23(17-15-22)29(24,25,26,27)28/h12,14-20H,2-11,13H2,1H3/t18-,19-,20?. The fraction of sp³-hybridized carbons (Fsp3) is 0.652. The van der Waals surface area contributed by atoms with Gasteiger partial charge in [0.15, 0.2) is 0 Å². The van der Waals surface area contributed by atoms with Crippen LogP contribution < -0.4 is 0 Å². The van der Waals surface area contributed by atoms with E-state index in [0.717, 1.165) is 36.7 Å². The van der Waals surface area contributed by atoms with Gasteiger partial charge in [-0.05, 0) is 73.1 Å². The SMILES string of the molecule is CCCCC[C@H]1CC[C@H](C2CC=C(c3ccc(S(F)(F)(F)(F)F)cc3)CC2)CC1. The lowest BCUT2D eigenvalue weighted by atomic mass is 9.70. The van der Waals surface area contributed by atoms with E-state index in [-0.39, 0.29) is 0 Å². The molecular weight excluding hydrogens is 403 g/mol. The van der Waals surface area contributed by atoms with E-state index in [1.54, 1.807) is 0 Å². The number of hydrogen-bond donors (Lipinski definition) is 0. The third kappa shape index (κ3) is 6.22. The van der Waals surface area contributed by atoms with Gasteiger partial charge in [0.05, 0.1) is 0 Å². The van der Waals surface area contributed by atoms with Crippen LogP contribution >= 0.6 is 10.2 Å². The van der Waals surface area contributed by atoms with Crippen LogP contribution in [0.4, 0.5) is 19.4 Å². The molecule has 0 radical (unpaired) electrons. The second-order valence-corrected chi connectivity index (χ2v) is 11.4. The smallest absolute Gasteiger partial charge is 0.0936 e. The first kappa shape index (κ1) is 22.6. The molecule has 166 valence electrons. The predicted molar refractivity (Wildman–Crippen MR) is 113 cm³/mol. The topological polar surface area (TPSA) is 0 Å². The van der Waals surface area contributed by atoms with Crippen molar-refractivity contribution in [2.24, 2.45) is 17.8 Å². The molecule has 3 rings (SSSR count). The van der Waals surface area contributed by atoms with Crippen LogP contribution in [-0.2, 0) is 0 Å². The third-order valence-electron chi connectivity index (χ3n) is 6.90. The van der Waals surface area contributed by atoms with Crippen LogP contribution in [0.3, 0.4) is 0 Å². The lowest BCUT2D eigenvalue weighted by Crippen LogP contribution is -2.23. The van der Waals surface area contributed by atoms with Crippen molar-refractivity contribution in [2.75, 3.05) is 0 Å². The van der Waals surface area contributed by atoms with Gasteiger partial charge < -0.3 is 0 Å². The van der Waals surface area contributed by atoms with E-state index in [0.29, 0.717) is 23.6 Å². The zero-order valence-corrected chi connectivity index (χ0v) is 18.0. The Labute approximate surface area is 171 Å². The first-order valence-electron chi connectivity index (χ1n) is 11.0. The second kappa shape index (κ2) is 7.90. The maximum absolute atomic E-state index is 12.9. The number of halogens is 5. The molecule has 1 aromatic carbocycles. The van der Waals surface area contributed by atoms with Gasteiger partial charge in [-0.25, -0.2) is 0 Å². The third-order valence-corrected chi connectivity index (χ3v) is 8.06. The highest BCUT2D eigenvalue weighted by Crippen LogP contribution is 3.02. The van der Waals surface area contributed by atoms with Gasteiger partial charge in [-0.3, -0.25) is 0 Å². The molecule has 0 bridgehead atoms. The number of hydrogen-bond acceptors (Lipinski definition) is 0. The van der Waals surface area contributed by atoms with Crippen LogP contribution in [0.5, 0.6) is 0 Å². The van der Waals surface area contributed by atoms with E-state index in [2.05, 4.69) is 13.0 Å². The maximum Gasteiger partial charge on any atom is 0.310 e. The lowest BCUT2D eigenvalue weighted by molar-refractivity contribution is 0.187. The van der Waals surface area contributed by atoms with Gasteiger partial charge in [0.1, 0.15) is 4.90 Å². The normalized spacial score (nSPS) is 28.3. The molecule has 1 unspecified atom stereocenters. The van der Waals surface area contributed by atoms with Gasteiger partial charge in [0, 0.05) is 0 Å². The summed E-state index contributed by atoms with van der Waals surface area (Å²) in [5, 5.41) is 0. The van der Waals surface area contributed by atoms with Crippen molar-refractivity contribution in [3.8, 4) is 0 Å². The molecule has 0 aromatic heterocycles. The molecule has 0 N–H and O–H groups in total. The largest absolute Gasteiger partial charge is 0.310 e. The molecule has 6 heteroatoms. The van der Waals surface area contributed by atoms with Crippen molar-refractivity contribution in [3.63, 3.8) is 0 Å². The molecule has 2 aliphatic rings. The Balaban J connectivity index is 1.54. The van der Waals surface area contributed by atoms with Gasteiger partial charge in [-0.15, -0.1) is 0 Å². The average molecular weight is 437 g/mol. The number of unbranched alkanes of at least 4 members (excludes halogenated alkanes) is 2. The number of allylic oxidation sites excluding steroid dienone is 2. The van der Waals surface area contributed by atoms with Crippen molar-refractivity contribution in [1.82, 2.24) is 0 Å². The molecule has 2 aliphatic carbocycles. The zero-order chi connectivity index (χ0) is 21.2. The maximum atomic E-state index is 12.9. The highest BCUT2D eigenvalue weighted by Gasteiger charge is 2.65. The first-order chi connectivity index (χ1) is 13.5. The molecule has 1 saturated carbocycles. The summed E-state index contributed by atoms with van der Waals surface area (Å²) in [4.78, 5) is -1.81. The van der Waals surface area contributed by atoms with E-state index in [9.17, 15) is 19.4 Å². The minimum Gasteiger partial charge on any atom is -0.0936 e. The van der Waals surface area contributed by atoms with Gasteiger partial charge in [-0.2, -0.15) is 0 Å². The van der Waals surface area contributed by atoms with E-state index in [4.69, 9.17) is 0 Å². The summed E-state index contributed by atoms with van der Waals surface area (Å²) in [5.74, 6) is 2.30. The Kier molecular flexibility index (Phi) is 6.17. The number of rotatable bonds is 7. The van der Waals surface area contributed by atoms with E-state index < -0.39 is 15.1 Å². The summed E-state index contributed by atoms with van der Waals surface area (Å²) in [6, 6.07) is 3.45. The Bertz CT molecular complexity index is 712. The van der Waals surface area contributed by atoms with E-state index in [1.807, 2.05) is 0 Å². The van der Waals surface area contributed by atoms with Crippen molar-refractivity contribution in [1.29, 1.82) is 0 Å². The zero-order valence-electron chi connectivity index (χ0n) is 17.2. The van der Waals surface area contributed by atoms with E-state index >= 15 is 0 Å². The van der Waals surface area contributed by atoms with Crippen molar-refractivity contribution in [2.45, 2.75) is 82.4 Å². The summed E-state index contributed by atoms with van der Waals surface area (Å²) in [7, 11) is -9.58. The van der Waals surface area contributed by atoms with Gasteiger partial charge in [0.2, 0.25) is 0 Å². The Hall–Kier alpha value is -1.04. The molecule has 0 heterocycles. The second-order valence-electron chi connectivity index (χ2n) is 9.03. The summed E-state index contributed by atoms with van der Waals surface area (Å²) >= 11 is 0. The molecule has 1 fully saturated rings. The highest BCUT2D eigenvalue weighted by atomic mass is 32.5. The monoisotopic (exact) mass is 436 g/mol. The molecule has 1 atom stereocenters. The van der Waals surface area contributed by atoms with Crippen LogP contribution in [-0.4, -0.2) is 0 Å².